The zero-order chi connectivity index (χ0) is 18.4. The average molecular weight is 336 g/mol. The number of hydrogen-bond donors (Lipinski definition) is 3. The van der Waals surface area contributed by atoms with Crippen molar-refractivity contribution in [2.75, 3.05) is 0 Å². The molecule has 0 fully saturated rings. The number of hydrogen-bond acceptors (Lipinski definition) is 6. The van der Waals surface area contributed by atoms with E-state index in [1.807, 2.05) is 13.8 Å². The van der Waals surface area contributed by atoms with Crippen LogP contribution in [0.4, 0.5) is 0 Å². The van der Waals surface area contributed by atoms with E-state index in [1.165, 1.54) is 6.92 Å². The van der Waals surface area contributed by atoms with Gasteiger partial charge in [-0.2, -0.15) is 0 Å². The van der Waals surface area contributed by atoms with Gasteiger partial charge in [0.1, 0.15) is 34.5 Å². The molecule has 0 saturated heterocycles. The minimum absolute atomic E-state index is 0.0496. The van der Waals surface area contributed by atoms with Gasteiger partial charge in [-0.3, -0.25) is 9.59 Å². The topological polar surface area (TPSA) is 104 Å². The van der Waals surface area contributed by atoms with E-state index >= 15 is 0 Å². The summed E-state index contributed by atoms with van der Waals surface area (Å²) in [4.78, 5) is 24.4. The predicted octanol–water partition coefficient (Wildman–Crippen LogP) is 2.60. The van der Waals surface area contributed by atoms with E-state index < -0.39 is 23.2 Å². The fourth-order valence-corrected chi connectivity index (χ4v) is 2.90. The van der Waals surface area contributed by atoms with Crippen molar-refractivity contribution in [1.82, 2.24) is 0 Å². The normalized spacial score (nSPS) is 16.9. The number of Topliss-reactive ketones (excluding diaryl/α,β-unsaturated/α-hetero) is 2. The number of carbonyl (C=O) groups excluding carboxylic acids is 2. The van der Waals surface area contributed by atoms with Gasteiger partial charge in [0.05, 0.1) is 5.60 Å². The van der Waals surface area contributed by atoms with Crippen LogP contribution in [0.5, 0.6) is 17.2 Å². The summed E-state index contributed by atoms with van der Waals surface area (Å²) >= 11 is 0. The Labute approximate surface area is 141 Å². The molecule has 1 aliphatic rings. The second-order valence-electron chi connectivity index (χ2n) is 7.30. The highest BCUT2D eigenvalue weighted by molar-refractivity contribution is 6.09. The Morgan fingerprint density at radius 1 is 1.21 bits per heavy atom. The second-order valence-corrected chi connectivity index (χ2v) is 7.30. The van der Waals surface area contributed by atoms with Gasteiger partial charge in [-0.05, 0) is 26.7 Å². The number of benzene rings is 1. The fraction of sp³-hybridized carbons (Fsp3) is 0.556. The molecular formula is C18H24O6. The molecule has 1 aromatic carbocycles. The summed E-state index contributed by atoms with van der Waals surface area (Å²) in [7, 11) is 0. The lowest BCUT2D eigenvalue weighted by atomic mass is 9.91. The van der Waals surface area contributed by atoms with Crippen molar-refractivity contribution >= 4 is 11.6 Å². The number of aliphatic hydroxyl groups is 1. The zero-order valence-corrected chi connectivity index (χ0v) is 14.6. The van der Waals surface area contributed by atoms with Crippen LogP contribution in [0.1, 0.15) is 67.3 Å². The molecule has 0 aliphatic carbocycles. The Hall–Kier alpha value is -2.08. The lowest BCUT2D eigenvalue weighted by Crippen LogP contribution is -2.39. The van der Waals surface area contributed by atoms with Gasteiger partial charge in [0.15, 0.2) is 11.6 Å². The molecule has 0 bridgehead atoms. The summed E-state index contributed by atoms with van der Waals surface area (Å²) in [6, 6.07) is 0. The molecule has 3 N–H and O–H groups in total. The standard InChI is InChI=1S/C18H24O6/c1-8(2)6-11(20)14-16(22)13(9(3)19)15(21)10-7-12(18(4,5)23)24-17(10)14/h8,12,21-23H,6-7H2,1-5H3. The Bertz CT molecular complexity index is 697. The van der Waals surface area contributed by atoms with E-state index in [4.69, 9.17) is 4.74 Å². The second kappa shape index (κ2) is 6.09. The third-order valence-electron chi connectivity index (χ3n) is 4.16. The van der Waals surface area contributed by atoms with Crippen LogP contribution in [-0.2, 0) is 6.42 Å². The lowest BCUT2D eigenvalue weighted by molar-refractivity contribution is -0.0232. The van der Waals surface area contributed by atoms with Crippen molar-refractivity contribution in [2.45, 2.75) is 59.2 Å². The first kappa shape index (κ1) is 18.3. The van der Waals surface area contributed by atoms with Crippen LogP contribution < -0.4 is 4.74 Å². The number of carbonyl (C=O) groups is 2. The first-order valence-electron chi connectivity index (χ1n) is 7.99. The molecule has 0 aromatic heterocycles. The maximum atomic E-state index is 12.6. The van der Waals surface area contributed by atoms with Gasteiger partial charge in [-0.25, -0.2) is 0 Å². The molecule has 6 heteroatoms. The summed E-state index contributed by atoms with van der Waals surface area (Å²) in [5.74, 6) is -1.74. The highest BCUT2D eigenvalue weighted by Gasteiger charge is 2.41. The lowest BCUT2D eigenvalue weighted by Gasteiger charge is -2.25. The minimum Gasteiger partial charge on any atom is -0.507 e. The van der Waals surface area contributed by atoms with Crippen molar-refractivity contribution in [1.29, 1.82) is 0 Å². The van der Waals surface area contributed by atoms with Gasteiger partial charge < -0.3 is 20.1 Å². The van der Waals surface area contributed by atoms with E-state index in [0.29, 0.717) is 0 Å². The number of phenolic OH excluding ortho intramolecular Hbond substituents is 2. The van der Waals surface area contributed by atoms with Crippen molar-refractivity contribution < 1.29 is 29.6 Å². The van der Waals surface area contributed by atoms with Crippen LogP contribution in [0.2, 0.25) is 0 Å². The molecule has 1 aromatic rings. The highest BCUT2D eigenvalue weighted by atomic mass is 16.5. The summed E-state index contributed by atoms with van der Waals surface area (Å²) in [6.45, 7) is 8.05. The number of ketones is 2. The van der Waals surface area contributed by atoms with Crippen molar-refractivity contribution in [2.24, 2.45) is 5.92 Å². The predicted molar refractivity (Wildman–Crippen MR) is 88.0 cm³/mol. The van der Waals surface area contributed by atoms with Gasteiger partial charge >= 0.3 is 0 Å². The fourth-order valence-electron chi connectivity index (χ4n) is 2.90. The summed E-state index contributed by atoms with van der Waals surface area (Å²) in [5, 5.41) is 31.0. The molecule has 0 saturated carbocycles. The third kappa shape index (κ3) is 3.11. The molecule has 0 radical (unpaired) electrons. The molecule has 1 atom stereocenters. The molecule has 24 heavy (non-hydrogen) atoms. The van der Waals surface area contributed by atoms with Crippen LogP contribution in [0.3, 0.4) is 0 Å². The average Bonchev–Trinajstić information content (AvgIpc) is 2.82. The molecule has 6 nitrogen and oxygen atoms in total. The number of rotatable bonds is 5. The van der Waals surface area contributed by atoms with Gasteiger partial charge in [0.2, 0.25) is 0 Å². The van der Waals surface area contributed by atoms with E-state index in [0.717, 1.165) is 0 Å². The van der Waals surface area contributed by atoms with Crippen LogP contribution in [-0.4, -0.2) is 38.6 Å². The van der Waals surface area contributed by atoms with E-state index in [2.05, 4.69) is 0 Å². The Morgan fingerprint density at radius 2 is 1.79 bits per heavy atom. The van der Waals surface area contributed by atoms with Crippen LogP contribution >= 0.6 is 0 Å². The highest BCUT2D eigenvalue weighted by Crippen LogP contribution is 2.48. The molecule has 1 heterocycles. The molecule has 0 spiro atoms. The number of phenols is 2. The number of fused-ring (bicyclic) bond motifs is 1. The summed E-state index contributed by atoms with van der Waals surface area (Å²) < 4.78 is 5.70. The van der Waals surface area contributed by atoms with E-state index in [1.54, 1.807) is 13.8 Å². The van der Waals surface area contributed by atoms with Gasteiger partial charge in [-0.15, -0.1) is 0 Å². The number of ether oxygens (including phenoxy) is 1. The molecular weight excluding hydrogens is 312 g/mol. The van der Waals surface area contributed by atoms with Crippen molar-refractivity contribution in [3.63, 3.8) is 0 Å². The van der Waals surface area contributed by atoms with Gasteiger partial charge in [0, 0.05) is 18.4 Å². The quantitative estimate of drug-likeness (QED) is 0.714. The molecule has 132 valence electrons. The van der Waals surface area contributed by atoms with Crippen molar-refractivity contribution in [3.05, 3.63) is 16.7 Å². The Kier molecular flexibility index (Phi) is 4.63. The van der Waals surface area contributed by atoms with Crippen LogP contribution in [0, 0.1) is 5.92 Å². The van der Waals surface area contributed by atoms with Gasteiger partial charge in [0.25, 0.3) is 0 Å². The number of aromatic hydroxyl groups is 2. The van der Waals surface area contributed by atoms with E-state index in [-0.39, 0.29) is 52.7 Å². The van der Waals surface area contributed by atoms with Crippen LogP contribution in [0.25, 0.3) is 0 Å². The smallest absolute Gasteiger partial charge is 0.170 e. The molecule has 0 amide bonds. The van der Waals surface area contributed by atoms with Crippen molar-refractivity contribution in [3.8, 4) is 17.2 Å². The largest absolute Gasteiger partial charge is 0.507 e. The molecule has 1 unspecified atom stereocenters. The third-order valence-corrected chi connectivity index (χ3v) is 4.16. The maximum Gasteiger partial charge on any atom is 0.170 e. The zero-order valence-electron chi connectivity index (χ0n) is 14.6. The Balaban J connectivity index is 2.68. The van der Waals surface area contributed by atoms with E-state index in [9.17, 15) is 24.9 Å². The molecule has 2 rings (SSSR count). The minimum atomic E-state index is -1.21. The molecule has 1 aliphatic heterocycles. The van der Waals surface area contributed by atoms with Crippen LogP contribution in [0.15, 0.2) is 0 Å². The summed E-state index contributed by atoms with van der Waals surface area (Å²) in [6.07, 6.45) is -0.378. The maximum absolute atomic E-state index is 12.6. The first-order valence-corrected chi connectivity index (χ1v) is 7.99. The summed E-state index contributed by atoms with van der Waals surface area (Å²) in [5.41, 5.74) is -1.30. The van der Waals surface area contributed by atoms with Gasteiger partial charge in [-0.1, -0.05) is 13.8 Å². The monoisotopic (exact) mass is 336 g/mol. The Morgan fingerprint density at radius 3 is 2.25 bits per heavy atom. The SMILES string of the molecule is CC(=O)c1c(O)c2c(c(C(=O)CC(C)C)c1O)OC(C(C)(C)O)C2. The first-order chi connectivity index (χ1) is 10.9.